The summed E-state index contributed by atoms with van der Waals surface area (Å²) >= 11 is 0. The number of alkyl halides is 3. The largest absolute Gasteiger partial charge is 0.497 e. The fraction of sp³-hybridized carbons (Fsp3) is 0.100. The number of amides is 1. The van der Waals surface area contributed by atoms with E-state index in [1.807, 2.05) is 12.1 Å². The first-order valence-corrected chi connectivity index (χ1v) is 8.20. The maximum atomic E-state index is 12.6. The van der Waals surface area contributed by atoms with E-state index in [-0.39, 0.29) is 11.3 Å². The highest BCUT2D eigenvalue weighted by Gasteiger charge is 2.30. The van der Waals surface area contributed by atoms with Crippen molar-refractivity contribution in [2.45, 2.75) is 6.18 Å². The number of hydrogen-bond donors (Lipinski definition) is 2. The Hall–Kier alpha value is -3.55. The van der Waals surface area contributed by atoms with Crippen LogP contribution in [0.2, 0.25) is 0 Å². The smallest absolute Gasteiger partial charge is 0.416 e. The lowest BCUT2D eigenvalue weighted by atomic mass is 10.2. The molecule has 144 valence electrons. The topological polar surface area (TPSA) is 63.2 Å². The van der Waals surface area contributed by atoms with E-state index in [1.54, 1.807) is 31.5 Å². The fourth-order valence-electron chi connectivity index (χ4n) is 2.45. The molecule has 0 aliphatic heterocycles. The zero-order valence-electron chi connectivity index (χ0n) is 14.7. The van der Waals surface area contributed by atoms with Crippen molar-refractivity contribution in [3.8, 4) is 5.75 Å². The van der Waals surface area contributed by atoms with Crippen molar-refractivity contribution in [2.75, 3.05) is 17.7 Å². The van der Waals surface area contributed by atoms with E-state index in [0.717, 1.165) is 17.8 Å². The predicted molar refractivity (Wildman–Crippen MR) is 99.9 cm³/mol. The first kappa shape index (κ1) is 19.2. The van der Waals surface area contributed by atoms with Gasteiger partial charge in [-0.15, -0.1) is 0 Å². The molecular weight excluding hydrogens is 371 g/mol. The number of nitrogens with one attached hydrogen (secondary N) is 2. The lowest BCUT2D eigenvalue weighted by Gasteiger charge is -2.10. The van der Waals surface area contributed by atoms with Crippen LogP contribution in [0.3, 0.4) is 0 Å². The highest BCUT2D eigenvalue weighted by molar-refractivity contribution is 6.04. The third-order valence-electron chi connectivity index (χ3n) is 3.83. The number of nitrogens with zero attached hydrogens (tertiary/aromatic N) is 1. The molecule has 0 bridgehead atoms. The van der Waals surface area contributed by atoms with Gasteiger partial charge in [-0.3, -0.25) is 9.78 Å². The number of rotatable bonds is 5. The Labute approximate surface area is 159 Å². The van der Waals surface area contributed by atoms with Gasteiger partial charge in [0.1, 0.15) is 5.75 Å². The summed E-state index contributed by atoms with van der Waals surface area (Å²) in [5.74, 6) is 0.190. The fourth-order valence-corrected chi connectivity index (χ4v) is 2.45. The number of carbonyl (C=O) groups is 1. The molecule has 0 aliphatic rings. The molecule has 3 rings (SSSR count). The van der Waals surface area contributed by atoms with E-state index < -0.39 is 17.6 Å². The maximum absolute atomic E-state index is 12.6. The summed E-state index contributed by atoms with van der Waals surface area (Å²) in [5.41, 5.74) is 1.06. The van der Waals surface area contributed by atoms with E-state index in [4.69, 9.17) is 4.74 Å². The van der Waals surface area contributed by atoms with E-state index in [2.05, 4.69) is 15.6 Å². The summed E-state index contributed by atoms with van der Waals surface area (Å²) in [6, 6.07) is 13.0. The van der Waals surface area contributed by atoms with E-state index in [9.17, 15) is 18.0 Å². The van der Waals surface area contributed by atoms with Crippen LogP contribution in [0, 0.1) is 0 Å². The molecule has 0 atom stereocenters. The molecule has 8 heteroatoms. The molecule has 0 spiro atoms. The molecule has 0 fully saturated rings. The van der Waals surface area contributed by atoms with Crippen LogP contribution < -0.4 is 15.4 Å². The van der Waals surface area contributed by atoms with Gasteiger partial charge in [0.05, 0.1) is 30.1 Å². The molecule has 0 aliphatic carbocycles. The Bertz CT molecular complexity index is 973. The van der Waals surface area contributed by atoms with Gasteiger partial charge < -0.3 is 15.4 Å². The second-order valence-corrected chi connectivity index (χ2v) is 5.85. The number of methoxy groups -OCH3 is 1. The van der Waals surface area contributed by atoms with Crippen molar-refractivity contribution >= 4 is 23.0 Å². The third-order valence-corrected chi connectivity index (χ3v) is 3.83. The van der Waals surface area contributed by atoms with Crippen molar-refractivity contribution in [3.05, 3.63) is 78.1 Å². The summed E-state index contributed by atoms with van der Waals surface area (Å²) < 4.78 is 43.0. The zero-order valence-corrected chi connectivity index (χ0v) is 14.7. The molecule has 2 N–H and O–H groups in total. The first-order chi connectivity index (χ1) is 13.3. The van der Waals surface area contributed by atoms with Gasteiger partial charge in [-0.2, -0.15) is 13.2 Å². The van der Waals surface area contributed by atoms with Crippen LogP contribution in [0.4, 0.5) is 30.2 Å². The molecule has 0 saturated heterocycles. The van der Waals surface area contributed by atoms with Gasteiger partial charge in [-0.25, -0.2) is 0 Å². The van der Waals surface area contributed by atoms with Crippen molar-refractivity contribution in [1.82, 2.24) is 4.98 Å². The second-order valence-electron chi connectivity index (χ2n) is 5.85. The minimum atomic E-state index is -4.42. The number of halogens is 3. The summed E-state index contributed by atoms with van der Waals surface area (Å²) in [6.07, 6.45) is -1.50. The van der Waals surface area contributed by atoms with Crippen LogP contribution in [-0.4, -0.2) is 18.0 Å². The van der Waals surface area contributed by atoms with Gasteiger partial charge in [0.2, 0.25) is 0 Å². The molecular formula is C20H16F3N3O2. The molecule has 3 aromatic rings. The maximum Gasteiger partial charge on any atom is 0.416 e. The van der Waals surface area contributed by atoms with Crippen LogP contribution >= 0.6 is 0 Å². The number of benzene rings is 2. The number of aromatic nitrogens is 1. The monoisotopic (exact) mass is 387 g/mol. The number of anilines is 3. The van der Waals surface area contributed by atoms with Gasteiger partial charge in [-0.1, -0.05) is 6.07 Å². The molecule has 1 aromatic heterocycles. The second kappa shape index (κ2) is 7.99. The van der Waals surface area contributed by atoms with Gasteiger partial charge in [0, 0.05) is 23.6 Å². The average Bonchev–Trinajstić information content (AvgIpc) is 2.68. The molecule has 2 aromatic carbocycles. The molecule has 0 unspecified atom stereocenters. The van der Waals surface area contributed by atoms with Gasteiger partial charge in [0.15, 0.2) is 0 Å². The van der Waals surface area contributed by atoms with Crippen LogP contribution in [-0.2, 0) is 6.18 Å². The Balaban J connectivity index is 1.71. The van der Waals surface area contributed by atoms with Gasteiger partial charge in [-0.05, 0) is 42.5 Å². The Kier molecular flexibility index (Phi) is 5.49. The summed E-state index contributed by atoms with van der Waals surface area (Å²) in [4.78, 5) is 16.4. The molecule has 1 heterocycles. The normalized spacial score (nSPS) is 11.0. The van der Waals surface area contributed by atoms with Crippen molar-refractivity contribution in [1.29, 1.82) is 0 Å². The van der Waals surface area contributed by atoms with Crippen LogP contribution in [0.15, 0.2) is 67.0 Å². The summed E-state index contributed by atoms with van der Waals surface area (Å²) in [6.45, 7) is 0. The SMILES string of the molecule is COc1cccc(Nc2cncc(C(=O)Nc3ccc(C(F)(F)F)cc3)c2)c1. The van der Waals surface area contributed by atoms with Crippen molar-refractivity contribution in [3.63, 3.8) is 0 Å². The van der Waals surface area contributed by atoms with E-state index in [0.29, 0.717) is 11.4 Å². The van der Waals surface area contributed by atoms with E-state index in [1.165, 1.54) is 18.3 Å². The van der Waals surface area contributed by atoms with Gasteiger partial charge >= 0.3 is 6.18 Å². The molecule has 28 heavy (non-hydrogen) atoms. The predicted octanol–water partition coefficient (Wildman–Crippen LogP) is 5.10. The Morgan fingerprint density at radius 3 is 2.39 bits per heavy atom. The summed E-state index contributed by atoms with van der Waals surface area (Å²) in [7, 11) is 1.56. The van der Waals surface area contributed by atoms with Crippen LogP contribution in [0.1, 0.15) is 15.9 Å². The number of pyridine rings is 1. The quantitative estimate of drug-likeness (QED) is 0.639. The molecule has 0 saturated carbocycles. The third kappa shape index (κ3) is 4.79. The Morgan fingerprint density at radius 1 is 0.964 bits per heavy atom. The minimum absolute atomic E-state index is 0.254. The average molecular weight is 387 g/mol. The van der Waals surface area contributed by atoms with Crippen LogP contribution in [0.5, 0.6) is 5.75 Å². The highest BCUT2D eigenvalue weighted by atomic mass is 19.4. The first-order valence-electron chi connectivity index (χ1n) is 8.20. The van der Waals surface area contributed by atoms with Crippen LogP contribution in [0.25, 0.3) is 0 Å². The van der Waals surface area contributed by atoms with Crippen molar-refractivity contribution < 1.29 is 22.7 Å². The lowest BCUT2D eigenvalue weighted by molar-refractivity contribution is -0.137. The van der Waals surface area contributed by atoms with E-state index >= 15 is 0 Å². The molecule has 1 amide bonds. The lowest BCUT2D eigenvalue weighted by Crippen LogP contribution is -2.13. The minimum Gasteiger partial charge on any atom is -0.497 e. The number of ether oxygens (including phenoxy) is 1. The highest BCUT2D eigenvalue weighted by Crippen LogP contribution is 2.30. The Morgan fingerprint density at radius 2 is 1.71 bits per heavy atom. The van der Waals surface area contributed by atoms with Gasteiger partial charge in [0.25, 0.3) is 5.91 Å². The number of hydrogen-bond acceptors (Lipinski definition) is 4. The molecule has 5 nitrogen and oxygen atoms in total. The molecule has 0 radical (unpaired) electrons. The zero-order chi connectivity index (χ0) is 20.1. The summed E-state index contributed by atoms with van der Waals surface area (Å²) in [5, 5.41) is 5.67. The van der Waals surface area contributed by atoms with Crippen molar-refractivity contribution in [2.24, 2.45) is 0 Å². The standard InChI is InChI=1S/C20H16F3N3O2/c1-28-18-4-2-3-16(10-18)25-17-9-13(11-24-12-17)19(27)26-15-7-5-14(6-8-15)20(21,22)23/h2-12,25H,1H3,(H,26,27). The number of carbonyl (C=O) groups excluding carboxylic acids is 1.